The van der Waals surface area contributed by atoms with Crippen molar-refractivity contribution >= 4 is 27.0 Å². The van der Waals surface area contributed by atoms with E-state index in [9.17, 15) is 13.2 Å². The normalized spacial score (nSPS) is 15.8. The number of benzene rings is 1. The first-order chi connectivity index (χ1) is 15.6. The summed E-state index contributed by atoms with van der Waals surface area (Å²) in [6, 6.07) is 6.01. The lowest BCUT2D eigenvalue weighted by Gasteiger charge is -2.30. The molecule has 1 aliphatic heterocycles. The largest absolute Gasteiger partial charge is 0.355 e. The summed E-state index contributed by atoms with van der Waals surface area (Å²) in [6.45, 7) is 11.3. The van der Waals surface area contributed by atoms with Crippen molar-refractivity contribution in [1.82, 2.24) is 24.1 Å². The van der Waals surface area contributed by atoms with Gasteiger partial charge in [-0.3, -0.25) is 9.69 Å². The Bertz CT molecular complexity index is 1050. The number of amides is 1. The fraction of sp³-hybridized carbons (Fsp3) is 0.667. The van der Waals surface area contributed by atoms with Crippen LogP contribution in [0.3, 0.4) is 0 Å². The van der Waals surface area contributed by atoms with Gasteiger partial charge in [-0.1, -0.05) is 6.42 Å². The number of aromatic nitrogens is 2. The van der Waals surface area contributed by atoms with Gasteiger partial charge in [0.2, 0.25) is 15.9 Å². The van der Waals surface area contributed by atoms with Crippen LogP contribution in [0.2, 0.25) is 0 Å². The highest BCUT2D eigenvalue weighted by molar-refractivity contribution is 7.89. The van der Waals surface area contributed by atoms with E-state index in [2.05, 4.69) is 42.9 Å². The van der Waals surface area contributed by atoms with Gasteiger partial charge in [-0.25, -0.2) is 13.4 Å². The Hall–Kier alpha value is -1.97. The molecule has 2 heterocycles. The molecule has 0 bridgehead atoms. The van der Waals surface area contributed by atoms with Gasteiger partial charge >= 0.3 is 0 Å². The molecule has 1 aromatic carbocycles. The van der Waals surface area contributed by atoms with E-state index in [0.717, 1.165) is 37.1 Å². The maximum atomic E-state index is 13.0. The summed E-state index contributed by atoms with van der Waals surface area (Å²) in [5.74, 6) is 0.779. The third kappa shape index (κ3) is 6.13. The number of carbonyl (C=O) groups is 1. The summed E-state index contributed by atoms with van der Waals surface area (Å²) >= 11 is 0. The maximum Gasteiger partial charge on any atom is 0.243 e. The van der Waals surface area contributed by atoms with Gasteiger partial charge in [0.25, 0.3) is 0 Å². The van der Waals surface area contributed by atoms with Crippen molar-refractivity contribution < 1.29 is 13.2 Å². The molecule has 0 atom stereocenters. The molecule has 0 unspecified atom stereocenters. The molecular weight excluding hydrogens is 438 g/mol. The fourth-order valence-electron chi connectivity index (χ4n) is 4.62. The van der Waals surface area contributed by atoms with Crippen LogP contribution in [0.25, 0.3) is 11.0 Å². The molecule has 184 valence electrons. The molecule has 1 N–H and O–H groups in total. The van der Waals surface area contributed by atoms with E-state index < -0.39 is 10.0 Å². The van der Waals surface area contributed by atoms with Gasteiger partial charge in [0.1, 0.15) is 5.82 Å². The number of piperidine rings is 1. The average molecular weight is 478 g/mol. The molecule has 33 heavy (non-hydrogen) atoms. The van der Waals surface area contributed by atoms with Crippen LogP contribution in [0.4, 0.5) is 0 Å². The van der Waals surface area contributed by atoms with Gasteiger partial charge in [0.05, 0.1) is 15.9 Å². The number of hydrogen-bond donors (Lipinski definition) is 1. The second kappa shape index (κ2) is 11.0. The summed E-state index contributed by atoms with van der Waals surface area (Å²) in [5, 5.41) is 3.01. The lowest BCUT2D eigenvalue weighted by atomic mass is 10.2. The number of aryl methyl sites for hydroxylation is 2. The predicted molar refractivity (Wildman–Crippen MR) is 132 cm³/mol. The maximum absolute atomic E-state index is 13.0. The second-order valence-electron chi connectivity index (χ2n) is 9.48. The predicted octanol–water partition coefficient (Wildman–Crippen LogP) is 2.92. The zero-order valence-electron chi connectivity index (χ0n) is 20.7. The summed E-state index contributed by atoms with van der Waals surface area (Å²) in [6.07, 6.45) is 3.74. The second-order valence-corrected chi connectivity index (χ2v) is 11.4. The topological polar surface area (TPSA) is 87.5 Å². The number of rotatable bonds is 10. The first-order valence-corrected chi connectivity index (χ1v) is 13.5. The molecule has 0 aliphatic carbocycles. The number of carbonyl (C=O) groups excluding carboxylic acids is 1. The van der Waals surface area contributed by atoms with E-state index in [1.807, 2.05) is 17.7 Å². The number of nitrogens with zero attached hydrogens (tertiary/aromatic N) is 4. The lowest BCUT2D eigenvalue weighted by molar-refractivity contribution is -0.121. The van der Waals surface area contributed by atoms with Gasteiger partial charge in [0, 0.05) is 58.2 Å². The fourth-order valence-corrected chi connectivity index (χ4v) is 6.16. The number of sulfonamides is 1. The van der Waals surface area contributed by atoms with Crippen molar-refractivity contribution in [2.75, 3.05) is 26.2 Å². The Balaban J connectivity index is 1.62. The monoisotopic (exact) mass is 477 g/mol. The average Bonchev–Trinajstić information content (AvgIpc) is 3.10. The molecule has 2 aromatic rings. The Morgan fingerprint density at radius 1 is 1.12 bits per heavy atom. The van der Waals surface area contributed by atoms with E-state index in [-0.39, 0.29) is 5.91 Å². The Morgan fingerprint density at radius 2 is 1.79 bits per heavy atom. The molecule has 8 nitrogen and oxygen atoms in total. The Labute approximate surface area is 198 Å². The van der Waals surface area contributed by atoms with Crippen LogP contribution in [0, 0.1) is 0 Å². The van der Waals surface area contributed by atoms with E-state index in [4.69, 9.17) is 0 Å². The molecule has 1 amide bonds. The third-order valence-corrected chi connectivity index (χ3v) is 8.39. The molecule has 1 aliphatic rings. The van der Waals surface area contributed by atoms with E-state index in [0.29, 0.717) is 55.0 Å². The number of hydrogen-bond acceptors (Lipinski definition) is 5. The molecule has 0 spiro atoms. The zero-order chi connectivity index (χ0) is 24.2. The van der Waals surface area contributed by atoms with Crippen LogP contribution in [-0.2, 0) is 28.3 Å². The third-order valence-electron chi connectivity index (χ3n) is 6.49. The Kier molecular flexibility index (Phi) is 8.53. The van der Waals surface area contributed by atoms with Gasteiger partial charge < -0.3 is 9.88 Å². The highest BCUT2D eigenvalue weighted by atomic mass is 32.2. The summed E-state index contributed by atoms with van der Waals surface area (Å²) in [7, 11) is -1.59. The Morgan fingerprint density at radius 3 is 2.42 bits per heavy atom. The molecule has 9 heteroatoms. The van der Waals surface area contributed by atoms with Crippen molar-refractivity contribution in [3.63, 3.8) is 0 Å². The van der Waals surface area contributed by atoms with Crippen LogP contribution in [0.5, 0.6) is 0 Å². The highest BCUT2D eigenvalue weighted by Crippen LogP contribution is 2.24. The minimum Gasteiger partial charge on any atom is -0.355 e. The molecule has 1 fully saturated rings. The molecule has 0 radical (unpaired) electrons. The molecule has 1 aromatic heterocycles. The van der Waals surface area contributed by atoms with Gasteiger partial charge in [0.15, 0.2) is 0 Å². The molecule has 0 saturated carbocycles. The minimum absolute atomic E-state index is 0.00267. The summed E-state index contributed by atoms with van der Waals surface area (Å²) in [5.41, 5.74) is 1.52. The first-order valence-electron chi connectivity index (χ1n) is 12.1. The number of fused-ring (bicyclic) bond motifs is 1. The van der Waals surface area contributed by atoms with E-state index in [1.54, 1.807) is 16.4 Å². The van der Waals surface area contributed by atoms with Crippen LogP contribution in [0.1, 0.15) is 59.2 Å². The number of imidazole rings is 1. The standard InChI is InChI=1S/C24H39N5O3S/c1-18(2)29(19(3)4)16-13-25-24(30)12-11-23-26-21-17-20(9-10-22(21)27(23)5)33(31,32)28-14-7-6-8-15-28/h9-10,17-19H,6-8,11-16H2,1-5H3,(H,25,30). The summed E-state index contributed by atoms with van der Waals surface area (Å²) in [4.78, 5) is 19.7. The van der Waals surface area contributed by atoms with Crippen LogP contribution >= 0.6 is 0 Å². The summed E-state index contributed by atoms with van der Waals surface area (Å²) < 4.78 is 29.5. The van der Waals surface area contributed by atoms with Crippen molar-refractivity contribution in [3.8, 4) is 0 Å². The van der Waals surface area contributed by atoms with Crippen molar-refractivity contribution in [3.05, 3.63) is 24.0 Å². The van der Waals surface area contributed by atoms with Crippen molar-refractivity contribution in [1.29, 1.82) is 0 Å². The zero-order valence-corrected chi connectivity index (χ0v) is 21.5. The smallest absolute Gasteiger partial charge is 0.243 e. The molecule has 3 rings (SSSR count). The molecular formula is C24H39N5O3S. The number of nitrogens with one attached hydrogen (secondary N) is 1. The minimum atomic E-state index is -3.50. The lowest BCUT2D eigenvalue weighted by Crippen LogP contribution is -2.42. The highest BCUT2D eigenvalue weighted by Gasteiger charge is 2.26. The van der Waals surface area contributed by atoms with Crippen molar-refractivity contribution in [2.45, 2.75) is 76.8 Å². The van der Waals surface area contributed by atoms with Gasteiger partial charge in [-0.05, 0) is 58.7 Å². The quantitative estimate of drug-likeness (QED) is 0.569. The van der Waals surface area contributed by atoms with Gasteiger partial charge in [-0.2, -0.15) is 4.31 Å². The van der Waals surface area contributed by atoms with E-state index in [1.165, 1.54) is 0 Å². The van der Waals surface area contributed by atoms with Crippen LogP contribution in [-0.4, -0.2) is 71.3 Å². The van der Waals surface area contributed by atoms with Crippen molar-refractivity contribution in [2.24, 2.45) is 7.05 Å². The first kappa shape index (κ1) is 25.6. The SMILES string of the molecule is CC(C)N(CCNC(=O)CCc1nc2cc(S(=O)(=O)N3CCCCC3)ccc2n1C)C(C)C. The van der Waals surface area contributed by atoms with Crippen LogP contribution in [0.15, 0.2) is 23.1 Å². The van der Waals surface area contributed by atoms with Gasteiger partial charge in [-0.15, -0.1) is 0 Å². The van der Waals surface area contributed by atoms with E-state index >= 15 is 0 Å². The molecule has 1 saturated heterocycles. The van der Waals surface area contributed by atoms with Crippen LogP contribution < -0.4 is 5.32 Å².